The second kappa shape index (κ2) is 48.8. The smallest absolute Gasteiger partial charge is 0.309 e. The third-order valence-electron chi connectivity index (χ3n) is 34.4. The average molecular weight is 2070 g/mol. The normalized spacial score (nSPS) is 35.7. The fourth-order valence-electron chi connectivity index (χ4n) is 21.2. The average Bonchev–Trinajstić information content (AvgIpc) is 1.60. The standard InChI is InChI=1S/C30H43NO5S.C29H45NO5S.C29H41NO5S.C29H45NO4S/c1-17-10-9-13-29(7)25(35-29)16-30(8,21-11-12-23-22(14-21)31-20(4)37-23)36-26(33)15-24(32)28(5,6)27(34)19(3)18(17)2;1-17-11-10-12-28(8)24(34-28)15-29(9,18(2)13-22-16-36-21(5)30-22)35-25(32)14-23(31)27(6,7)26(33)20(4)19(17)3;1-17-9-8-10-18(2)26(33)19(3)27(34)28(5,6)24(31)16-25(32)35-29(7,14-13-17)21-11-12-23-22(15-21)30-20(4)36-23;1-18-11-10-12-19(2)21(4)22(5)27(33)28(7,8)25(31)16-26(32)34-29(9,14-13-18)20(3)15-24-17-35-23(6)30-24/h11-12,14,17-19,24-25,32H,9-10,13,15-16H2,1-8H3;13,16-17,19-20,23-24,31H,10-12,14-15H2,1-9H3;11-13,15,18-19,24,26,31,33H,8-10,14,16H2,1-7H3;13,15,17,19,21-22,25,31H,10-12,14,16H2,1-9H3/b;18-13+;17-13-;18-13-,20-15+. The van der Waals surface area contributed by atoms with Crippen LogP contribution in [0.2, 0.25) is 0 Å². The van der Waals surface area contributed by atoms with Crippen LogP contribution in [0.15, 0.2) is 81.6 Å². The van der Waals surface area contributed by atoms with Crippen LogP contribution in [0.1, 0.15) is 372 Å². The summed E-state index contributed by atoms with van der Waals surface area (Å²) in [6.45, 7) is 64.1. The molecule has 6 aromatic rings. The molecule has 144 heavy (non-hydrogen) atoms. The number of cyclic esters (lactones) is 4. The van der Waals surface area contributed by atoms with Crippen LogP contribution in [0.25, 0.3) is 32.6 Å². The number of aliphatic hydroxyl groups excluding tert-OH is 5. The Morgan fingerprint density at radius 3 is 1.09 bits per heavy atom. The number of aryl methyl sites for hydroxylation is 4. The van der Waals surface area contributed by atoms with Gasteiger partial charge >= 0.3 is 23.9 Å². The molecule has 4 saturated heterocycles. The van der Waals surface area contributed by atoms with Gasteiger partial charge in [0.1, 0.15) is 45.5 Å². The molecule has 0 aliphatic carbocycles. The van der Waals surface area contributed by atoms with Crippen LogP contribution in [0.4, 0.5) is 0 Å². The lowest BCUT2D eigenvalue weighted by Crippen LogP contribution is -2.46. The van der Waals surface area contributed by atoms with Crippen molar-refractivity contribution in [2.45, 2.75) is 433 Å². The number of allylic oxidation sites excluding steroid dienone is 2. The summed E-state index contributed by atoms with van der Waals surface area (Å²) in [6, 6.07) is 12.0. The number of benzene rings is 2. The lowest BCUT2D eigenvalue weighted by molar-refractivity contribution is -0.166. The summed E-state index contributed by atoms with van der Waals surface area (Å²) in [7, 11) is 0. The molecule has 24 unspecified atom stereocenters. The lowest BCUT2D eigenvalue weighted by Gasteiger charge is -2.36. The summed E-state index contributed by atoms with van der Waals surface area (Å²) in [6.07, 6.45) is 15.3. The zero-order valence-electron chi connectivity index (χ0n) is 92.8. The number of nitrogens with zero attached hydrogens (tertiary/aromatic N) is 4. The maximum absolute atomic E-state index is 13.5. The van der Waals surface area contributed by atoms with Crippen LogP contribution in [0.5, 0.6) is 0 Å². The predicted molar refractivity (Wildman–Crippen MR) is 578 cm³/mol. The van der Waals surface area contributed by atoms with E-state index in [2.05, 4.69) is 101 Å². The molecule has 0 bridgehead atoms. The largest absolute Gasteiger partial charge is 0.455 e. The Labute approximate surface area is 875 Å². The van der Waals surface area contributed by atoms with E-state index in [1.54, 1.807) is 108 Å². The molecule has 4 aromatic heterocycles. The molecule has 24 atom stereocenters. The number of hydrogen-bond acceptors (Lipinski definition) is 27. The first-order chi connectivity index (χ1) is 66.7. The maximum atomic E-state index is 13.5. The van der Waals surface area contributed by atoms with Gasteiger partial charge in [0.2, 0.25) is 0 Å². The van der Waals surface area contributed by atoms with Crippen molar-refractivity contribution in [3.05, 3.63) is 124 Å². The van der Waals surface area contributed by atoms with Crippen molar-refractivity contribution in [2.24, 2.45) is 86.8 Å². The first-order valence-electron chi connectivity index (χ1n) is 52.8. The molecule has 2 aromatic carbocycles. The molecular formula is C117H174N4O19S4. The van der Waals surface area contributed by atoms with Gasteiger partial charge in [-0.25, -0.2) is 19.9 Å². The number of rotatable bonds is 6. The molecule has 27 heteroatoms. The van der Waals surface area contributed by atoms with Gasteiger partial charge in [0.25, 0.3) is 0 Å². The minimum atomic E-state index is -1.24. The highest BCUT2D eigenvalue weighted by molar-refractivity contribution is 7.18. The highest BCUT2D eigenvalue weighted by Gasteiger charge is 2.58. The van der Waals surface area contributed by atoms with Crippen molar-refractivity contribution in [3.8, 4) is 0 Å². The number of aliphatic hydroxyl groups is 5. The lowest BCUT2D eigenvalue weighted by atomic mass is 9.70. The van der Waals surface area contributed by atoms with Crippen LogP contribution in [-0.2, 0) is 78.0 Å². The first kappa shape index (κ1) is 120. The number of hydrogen-bond donors (Lipinski definition) is 5. The molecule has 6 aliphatic heterocycles. The van der Waals surface area contributed by atoms with Gasteiger partial charge < -0.3 is 54.0 Å². The number of carbonyl (C=O) groups excluding carboxylic acids is 8. The minimum absolute atomic E-state index is 0.00180. The number of fused-ring (bicyclic) bond motifs is 4. The Bertz CT molecular complexity index is 5610. The Balaban J connectivity index is 0.000000214. The second-order valence-corrected chi connectivity index (χ2v) is 52.2. The number of ketones is 4. The quantitative estimate of drug-likeness (QED) is 0.0447. The zero-order valence-corrected chi connectivity index (χ0v) is 96.1. The molecule has 0 radical (unpaired) electrons. The zero-order chi connectivity index (χ0) is 108. The van der Waals surface area contributed by atoms with Crippen molar-refractivity contribution < 1.29 is 92.3 Å². The molecule has 12 rings (SSSR count). The van der Waals surface area contributed by atoms with Gasteiger partial charge in [0.05, 0.1) is 153 Å². The molecular weight excluding hydrogens is 1890 g/mol. The Morgan fingerprint density at radius 2 is 0.708 bits per heavy atom. The van der Waals surface area contributed by atoms with E-state index in [-0.39, 0.29) is 114 Å². The van der Waals surface area contributed by atoms with E-state index in [1.807, 2.05) is 156 Å². The summed E-state index contributed by atoms with van der Waals surface area (Å²) in [5.74, 6) is -2.05. The van der Waals surface area contributed by atoms with E-state index in [4.69, 9.17) is 28.4 Å². The fraction of sp³-hybridized carbons (Fsp3) is 0.692. The summed E-state index contributed by atoms with van der Waals surface area (Å²) in [4.78, 5) is 125. The van der Waals surface area contributed by atoms with Crippen LogP contribution in [0.3, 0.4) is 0 Å². The molecule has 0 saturated carbocycles. The first-order valence-corrected chi connectivity index (χ1v) is 56.1. The van der Waals surface area contributed by atoms with E-state index < -0.39 is 104 Å². The van der Waals surface area contributed by atoms with Crippen molar-refractivity contribution >= 4 is 125 Å². The van der Waals surface area contributed by atoms with Gasteiger partial charge in [-0.2, -0.15) is 0 Å². The number of thiazole rings is 4. The highest BCUT2D eigenvalue weighted by Crippen LogP contribution is 2.52. The van der Waals surface area contributed by atoms with Crippen LogP contribution in [0, 0.1) is 114 Å². The minimum Gasteiger partial charge on any atom is -0.455 e. The molecule has 0 spiro atoms. The number of carbonyl (C=O) groups is 8. The topological polar surface area (TPSA) is 351 Å². The van der Waals surface area contributed by atoms with E-state index in [0.717, 1.165) is 151 Å². The SMILES string of the molecule is C/C(=C\c1csc(C)n1)C1(C)CC2OC2(C)CCCC(C)C(C)C(C)C(=O)C(C)(C)C(O)CC(=O)O1.C/C1=C/CC(C)(/C(C)=C/c2csc(C)n2)OC(=O)CC(O)C(C)(C)C(=O)C(C)C(C)C(C)CCC1.C/C1=C/CC(C)(c2ccc3sc(C)nc3c2)OC(=O)CC(O)C(C)(C)C(=O)C(C)C(O)C(C)CCC1.Cc1nc2cc(C3(C)CC4OC4(C)CCCC(C)C(C)C(C)C(=O)C(C)(C)C(O)CC(=O)O3)ccc2s1. The molecule has 6 aliphatic rings. The Morgan fingerprint density at radius 1 is 0.382 bits per heavy atom. The second-order valence-electron chi connectivity index (χ2n) is 47.6. The van der Waals surface area contributed by atoms with E-state index in [0.29, 0.717) is 43.4 Å². The van der Waals surface area contributed by atoms with E-state index in [9.17, 15) is 63.9 Å². The van der Waals surface area contributed by atoms with Gasteiger partial charge in [-0.3, -0.25) is 38.4 Å². The summed E-state index contributed by atoms with van der Waals surface area (Å²) in [5, 5.41) is 62.8. The molecule has 10 heterocycles. The van der Waals surface area contributed by atoms with Gasteiger partial charge in [0.15, 0.2) is 0 Å². The molecule has 5 N–H and O–H groups in total. The van der Waals surface area contributed by atoms with Crippen LogP contribution in [-0.4, -0.2) is 158 Å². The Kier molecular flexibility index (Phi) is 40.7. The molecule has 23 nitrogen and oxygen atoms in total. The van der Waals surface area contributed by atoms with E-state index in [1.165, 1.54) is 11.1 Å². The maximum Gasteiger partial charge on any atom is 0.309 e. The third-order valence-corrected chi connectivity index (χ3v) is 37.9. The highest BCUT2D eigenvalue weighted by atomic mass is 32.1. The molecule has 0 amide bonds. The summed E-state index contributed by atoms with van der Waals surface area (Å²) >= 11 is 6.41. The number of epoxide rings is 2. The van der Waals surface area contributed by atoms with Gasteiger partial charge in [-0.05, 0) is 242 Å². The third kappa shape index (κ3) is 30.1. The van der Waals surface area contributed by atoms with Crippen LogP contribution >= 0.6 is 45.3 Å². The van der Waals surface area contributed by atoms with Crippen LogP contribution < -0.4 is 0 Å². The number of ether oxygens (including phenoxy) is 6. The Hall–Kier alpha value is -7.28. The number of esters is 4. The monoisotopic (exact) mass is 2070 g/mol. The number of aromatic nitrogens is 4. The van der Waals surface area contributed by atoms with Gasteiger partial charge in [-0.15, -0.1) is 45.3 Å². The number of Topliss-reactive ketones (excluding diaryl/α,β-unsaturated/α-hetero) is 4. The van der Waals surface area contributed by atoms with E-state index >= 15 is 0 Å². The van der Waals surface area contributed by atoms with Gasteiger partial charge in [-0.1, -0.05) is 199 Å². The summed E-state index contributed by atoms with van der Waals surface area (Å²) < 4.78 is 39.0. The summed E-state index contributed by atoms with van der Waals surface area (Å²) in [5.41, 5.74) is 0.786. The predicted octanol–water partition coefficient (Wildman–Crippen LogP) is 25.3. The molecule has 800 valence electrons. The van der Waals surface area contributed by atoms with Crippen molar-refractivity contribution in [1.29, 1.82) is 0 Å². The van der Waals surface area contributed by atoms with Gasteiger partial charge in [0, 0.05) is 60.1 Å². The van der Waals surface area contributed by atoms with Crippen molar-refractivity contribution in [1.82, 2.24) is 19.9 Å². The fourth-order valence-corrected chi connectivity index (χ4v) is 23.9. The van der Waals surface area contributed by atoms with Crippen molar-refractivity contribution in [3.63, 3.8) is 0 Å². The van der Waals surface area contributed by atoms with Crippen molar-refractivity contribution in [2.75, 3.05) is 0 Å². The molecule has 4 fully saturated rings.